The van der Waals surface area contributed by atoms with E-state index >= 15 is 0 Å². The molecule has 1 atom stereocenters. The van der Waals surface area contributed by atoms with Crippen molar-refractivity contribution >= 4 is 17.0 Å². The molecule has 4 fully saturated rings. The lowest BCUT2D eigenvalue weighted by atomic mass is 9.49. The highest BCUT2D eigenvalue weighted by atomic mass is 32.2. The van der Waals surface area contributed by atoms with E-state index < -0.39 is 41.2 Å². The molecule has 4 rings (SSSR count). The molecule has 0 heterocycles. The third-order valence-electron chi connectivity index (χ3n) is 5.50. The molecule has 1 unspecified atom stereocenters. The Balaban J connectivity index is 1.53. The minimum Gasteiger partial charge on any atom is -0.772 e. The maximum Gasteiger partial charge on any atom is 0.312 e. The lowest BCUT2D eigenvalue weighted by Crippen LogP contribution is -2.50. The summed E-state index contributed by atoms with van der Waals surface area (Å²) in [5.41, 5.74) is -0.453. The van der Waals surface area contributed by atoms with Crippen molar-refractivity contribution in [2.45, 2.75) is 50.9 Å². The zero-order valence-electron chi connectivity index (χ0n) is 12.4. The SMILES string of the molecule is O=C(OCCC(F)(F)CS(=O)[O-])C12CC3CC(CC(C3)C1)C2. The Kier molecular flexibility index (Phi) is 4.31. The van der Waals surface area contributed by atoms with E-state index in [2.05, 4.69) is 0 Å². The van der Waals surface area contributed by atoms with Crippen LogP contribution in [-0.2, 0) is 20.6 Å². The molecule has 4 aliphatic carbocycles. The molecule has 126 valence electrons. The van der Waals surface area contributed by atoms with Crippen LogP contribution in [0.25, 0.3) is 0 Å². The Morgan fingerprint density at radius 3 is 2.14 bits per heavy atom. The standard InChI is InChI=1S/C15H22F2O4S/c16-15(17,9-22(19)20)1-2-21-13(18)14-6-10-3-11(7-14)5-12(4-10)8-14/h10-12H,1-9H2,(H,19,20)/p-1. The van der Waals surface area contributed by atoms with Crippen LogP contribution in [-0.4, -0.2) is 33.0 Å². The van der Waals surface area contributed by atoms with Crippen LogP contribution in [0.1, 0.15) is 44.9 Å². The van der Waals surface area contributed by atoms with Crippen molar-refractivity contribution in [1.29, 1.82) is 0 Å². The Labute approximate surface area is 131 Å². The van der Waals surface area contributed by atoms with Crippen LogP contribution >= 0.6 is 0 Å². The molecule has 0 aromatic carbocycles. The summed E-state index contributed by atoms with van der Waals surface area (Å²) in [7, 11) is 0. The van der Waals surface area contributed by atoms with Gasteiger partial charge in [-0.15, -0.1) is 0 Å². The van der Waals surface area contributed by atoms with Gasteiger partial charge < -0.3 is 9.29 Å². The second-order valence-corrected chi connectivity index (χ2v) is 8.28. The third-order valence-corrected chi connectivity index (χ3v) is 6.16. The van der Waals surface area contributed by atoms with Crippen molar-refractivity contribution in [3.8, 4) is 0 Å². The topological polar surface area (TPSA) is 66.4 Å². The lowest BCUT2D eigenvalue weighted by molar-refractivity contribution is -0.173. The Morgan fingerprint density at radius 1 is 1.18 bits per heavy atom. The number of hydrogen-bond acceptors (Lipinski definition) is 4. The average Bonchev–Trinajstić information content (AvgIpc) is 2.34. The van der Waals surface area contributed by atoms with Crippen LogP contribution in [0.3, 0.4) is 0 Å². The molecule has 0 spiro atoms. The number of alkyl halides is 2. The average molecular weight is 335 g/mol. The Bertz CT molecular complexity index is 445. The summed E-state index contributed by atoms with van der Waals surface area (Å²) < 4.78 is 52.4. The van der Waals surface area contributed by atoms with Crippen LogP contribution < -0.4 is 0 Å². The van der Waals surface area contributed by atoms with Gasteiger partial charge in [0.1, 0.15) is 0 Å². The molecule has 0 radical (unpaired) electrons. The molecule has 0 aliphatic heterocycles. The second kappa shape index (κ2) is 5.82. The van der Waals surface area contributed by atoms with Gasteiger partial charge in [-0.05, 0) is 67.4 Å². The maximum absolute atomic E-state index is 13.3. The highest BCUT2D eigenvalue weighted by Crippen LogP contribution is 2.60. The van der Waals surface area contributed by atoms with Gasteiger partial charge in [-0.2, -0.15) is 0 Å². The predicted molar refractivity (Wildman–Crippen MR) is 74.9 cm³/mol. The summed E-state index contributed by atoms with van der Waals surface area (Å²) in [4.78, 5) is 12.4. The normalized spacial score (nSPS) is 38.0. The van der Waals surface area contributed by atoms with Crippen LogP contribution in [0.2, 0.25) is 0 Å². The van der Waals surface area contributed by atoms with E-state index in [0.29, 0.717) is 17.8 Å². The van der Waals surface area contributed by atoms with Gasteiger partial charge in [0.15, 0.2) is 0 Å². The molecule has 0 saturated heterocycles. The van der Waals surface area contributed by atoms with E-state index in [1.807, 2.05) is 0 Å². The minimum atomic E-state index is -3.34. The number of hydrogen-bond donors (Lipinski definition) is 0. The van der Waals surface area contributed by atoms with Crippen molar-refractivity contribution < 1.29 is 27.1 Å². The fourth-order valence-electron chi connectivity index (χ4n) is 5.05. The van der Waals surface area contributed by atoms with Crippen molar-refractivity contribution in [3.05, 3.63) is 0 Å². The molecule has 0 N–H and O–H groups in total. The molecular weight excluding hydrogens is 314 g/mol. The van der Waals surface area contributed by atoms with E-state index in [1.54, 1.807) is 0 Å². The Morgan fingerprint density at radius 2 is 1.68 bits per heavy atom. The van der Waals surface area contributed by atoms with Gasteiger partial charge in [0, 0.05) is 6.42 Å². The van der Waals surface area contributed by atoms with Gasteiger partial charge in [0.05, 0.1) is 17.8 Å². The number of ether oxygens (including phenoxy) is 1. The third kappa shape index (κ3) is 3.35. The molecule has 22 heavy (non-hydrogen) atoms. The molecule has 0 amide bonds. The van der Waals surface area contributed by atoms with Crippen molar-refractivity contribution in [1.82, 2.24) is 0 Å². The smallest absolute Gasteiger partial charge is 0.312 e. The summed E-state index contributed by atoms with van der Waals surface area (Å²) in [5, 5.41) is 0. The number of carbonyl (C=O) groups excluding carboxylic acids is 1. The summed E-state index contributed by atoms with van der Waals surface area (Å²) >= 11 is -2.80. The fraction of sp³-hybridized carbons (Fsp3) is 0.933. The lowest BCUT2D eigenvalue weighted by Gasteiger charge is -2.55. The van der Waals surface area contributed by atoms with Crippen molar-refractivity contribution in [2.24, 2.45) is 23.2 Å². The van der Waals surface area contributed by atoms with Crippen LogP contribution in [0.15, 0.2) is 0 Å². The molecule has 4 saturated carbocycles. The summed E-state index contributed by atoms with van der Waals surface area (Å²) in [6, 6.07) is 0. The molecule has 4 nitrogen and oxygen atoms in total. The second-order valence-electron chi connectivity index (χ2n) is 7.39. The highest BCUT2D eigenvalue weighted by Gasteiger charge is 2.55. The van der Waals surface area contributed by atoms with Gasteiger partial charge in [-0.1, -0.05) is 0 Å². The van der Waals surface area contributed by atoms with E-state index in [9.17, 15) is 22.3 Å². The minimum absolute atomic E-state index is 0.342. The molecule has 4 aliphatic rings. The predicted octanol–water partition coefficient (Wildman–Crippen LogP) is 2.65. The summed E-state index contributed by atoms with van der Waals surface area (Å²) in [6.45, 7) is -0.412. The number of esters is 1. The van der Waals surface area contributed by atoms with E-state index in [1.165, 1.54) is 19.3 Å². The monoisotopic (exact) mass is 335 g/mol. The molecule has 4 bridgehead atoms. The van der Waals surface area contributed by atoms with E-state index in [-0.39, 0.29) is 5.97 Å². The van der Waals surface area contributed by atoms with Gasteiger partial charge in [-0.3, -0.25) is 9.00 Å². The molecule has 0 aromatic heterocycles. The molecular formula is C15H21F2O4S-. The van der Waals surface area contributed by atoms with Crippen LogP contribution in [0, 0.1) is 23.2 Å². The largest absolute Gasteiger partial charge is 0.772 e. The first-order valence-corrected chi connectivity index (χ1v) is 9.13. The number of halogens is 2. The summed E-state index contributed by atoms with van der Waals surface area (Å²) in [6.07, 6.45) is 5.34. The first-order valence-electron chi connectivity index (χ1n) is 7.89. The maximum atomic E-state index is 13.3. The summed E-state index contributed by atoms with van der Waals surface area (Å²) in [5.74, 6) is -3.14. The number of rotatable bonds is 6. The molecule has 7 heteroatoms. The quantitative estimate of drug-likeness (QED) is 0.553. The Hall–Kier alpha value is -0.560. The molecule has 0 aromatic rings. The van der Waals surface area contributed by atoms with Gasteiger partial charge in [0.25, 0.3) is 5.92 Å². The number of carbonyl (C=O) groups is 1. The van der Waals surface area contributed by atoms with Crippen molar-refractivity contribution in [3.63, 3.8) is 0 Å². The zero-order valence-corrected chi connectivity index (χ0v) is 13.2. The zero-order chi connectivity index (χ0) is 16.0. The first kappa shape index (κ1) is 16.3. The van der Waals surface area contributed by atoms with Crippen molar-refractivity contribution in [2.75, 3.05) is 12.4 Å². The first-order chi connectivity index (χ1) is 10.3. The van der Waals surface area contributed by atoms with Gasteiger partial charge in [0.2, 0.25) is 0 Å². The van der Waals surface area contributed by atoms with Crippen LogP contribution in [0.4, 0.5) is 8.78 Å². The van der Waals surface area contributed by atoms with Gasteiger partial charge in [-0.25, -0.2) is 8.78 Å². The van der Waals surface area contributed by atoms with Crippen LogP contribution in [0.5, 0.6) is 0 Å². The van der Waals surface area contributed by atoms with Gasteiger partial charge >= 0.3 is 5.97 Å². The van der Waals surface area contributed by atoms with E-state index in [0.717, 1.165) is 19.3 Å². The van der Waals surface area contributed by atoms with E-state index in [4.69, 9.17) is 4.74 Å². The fourth-order valence-corrected chi connectivity index (χ4v) is 5.54. The highest BCUT2D eigenvalue weighted by molar-refractivity contribution is 7.79.